The molecule has 1 aromatic rings. The summed E-state index contributed by atoms with van der Waals surface area (Å²) in [5, 5.41) is 3.54. The van der Waals surface area contributed by atoms with E-state index in [-0.39, 0.29) is 17.7 Å². The summed E-state index contributed by atoms with van der Waals surface area (Å²) in [4.78, 5) is 26.2. The number of amides is 2. The van der Waals surface area contributed by atoms with E-state index in [4.69, 9.17) is 11.6 Å². The molecule has 0 saturated carbocycles. The van der Waals surface area contributed by atoms with Crippen LogP contribution in [0.15, 0.2) is 24.3 Å². The number of nitrogens with one attached hydrogen (secondary N) is 1. The fraction of sp³-hybridized carbons (Fsp3) is 0.529. The first-order chi connectivity index (χ1) is 10.6. The molecular formula is C17H23ClN2O2. The van der Waals surface area contributed by atoms with Crippen LogP contribution in [-0.4, -0.2) is 36.3 Å². The molecule has 1 saturated heterocycles. The van der Waals surface area contributed by atoms with Crippen LogP contribution in [0.1, 0.15) is 43.0 Å². The Balaban J connectivity index is 1.84. The molecule has 1 aliphatic heterocycles. The third kappa shape index (κ3) is 4.47. The van der Waals surface area contributed by atoms with Gasteiger partial charge in [0.25, 0.3) is 5.91 Å². The SMILES string of the molecule is CCCCNC(=O)C1CCN(C(=O)c2cccc(Cl)c2)CC1. The summed E-state index contributed by atoms with van der Waals surface area (Å²) in [6.45, 7) is 4.09. The van der Waals surface area contributed by atoms with E-state index in [0.29, 0.717) is 23.7 Å². The highest BCUT2D eigenvalue weighted by Gasteiger charge is 2.27. The Bertz CT molecular complexity index is 525. The standard InChI is InChI=1S/C17H23ClN2O2/c1-2-3-9-19-16(21)13-7-10-20(11-8-13)17(22)14-5-4-6-15(18)12-14/h4-6,12-13H,2-3,7-11H2,1H3,(H,19,21). The zero-order valence-corrected chi connectivity index (χ0v) is 13.7. The Morgan fingerprint density at radius 2 is 2.05 bits per heavy atom. The molecule has 4 nitrogen and oxygen atoms in total. The monoisotopic (exact) mass is 322 g/mol. The minimum absolute atomic E-state index is 0.00709. The molecule has 1 aliphatic rings. The molecule has 2 rings (SSSR count). The van der Waals surface area contributed by atoms with Gasteiger partial charge in [-0.25, -0.2) is 0 Å². The Morgan fingerprint density at radius 1 is 1.32 bits per heavy atom. The van der Waals surface area contributed by atoms with Gasteiger partial charge in [-0.2, -0.15) is 0 Å². The maximum atomic E-state index is 12.4. The number of rotatable bonds is 5. The number of piperidine rings is 1. The highest BCUT2D eigenvalue weighted by Crippen LogP contribution is 2.20. The lowest BCUT2D eigenvalue weighted by molar-refractivity contribution is -0.126. The van der Waals surface area contributed by atoms with Crippen LogP contribution in [-0.2, 0) is 4.79 Å². The average molecular weight is 323 g/mol. The maximum Gasteiger partial charge on any atom is 0.253 e. The molecule has 22 heavy (non-hydrogen) atoms. The molecule has 0 atom stereocenters. The van der Waals surface area contributed by atoms with Gasteiger partial charge in [-0.3, -0.25) is 9.59 Å². The number of hydrogen-bond donors (Lipinski definition) is 1. The van der Waals surface area contributed by atoms with Crippen molar-refractivity contribution in [2.75, 3.05) is 19.6 Å². The van der Waals surface area contributed by atoms with Gasteiger partial charge in [0.05, 0.1) is 0 Å². The molecule has 0 spiro atoms. The second kappa shape index (κ2) is 8.18. The van der Waals surface area contributed by atoms with Crippen LogP contribution in [0.4, 0.5) is 0 Å². The first-order valence-corrected chi connectivity index (χ1v) is 8.32. The number of unbranched alkanes of at least 4 members (excludes halogenated alkanes) is 1. The summed E-state index contributed by atoms with van der Waals surface area (Å²) in [6, 6.07) is 7.00. The zero-order valence-electron chi connectivity index (χ0n) is 13.0. The number of likely N-dealkylation sites (tertiary alicyclic amines) is 1. The lowest BCUT2D eigenvalue weighted by Crippen LogP contribution is -2.43. The number of halogens is 1. The molecule has 0 bridgehead atoms. The normalized spacial score (nSPS) is 15.6. The smallest absolute Gasteiger partial charge is 0.253 e. The fourth-order valence-corrected chi connectivity index (χ4v) is 2.87. The van der Waals surface area contributed by atoms with Crippen LogP contribution < -0.4 is 5.32 Å². The van der Waals surface area contributed by atoms with Gasteiger partial charge in [0, 0.05) is 36.1 Å². The topological polar surface area (TPSA) is 49.4 Å². The summed E-state index contributed by atoms with van der Waals surface area (Å²) in [7, 11) is 0. The summed E-state index contributed by atoms with van der Waals surface area (Å²) < 4.78 is 0. The highest BCUT2D eigenvalue weighted by atomic mass is 35.5. The minimum Gasteiger partial charge on any atom is -0.356 e. The third-order valence-corrected chi connectivity index (χ3v) is 4.29. The predicted octanol–water partition coefficient (Wildman–Crippen LogP) is 3.11. The van der Waals surface area contributed by atoms with Gasteiger partial charge in [0.2, 0.25) is 5.91 Å². The van der Waals surface area contributed by atoms with Crippen molar-refractivity contribution >= 4 is 23.4 Å². The lowest BCUT2D eigenvalue weighted by atomic mass is 9.95. The molecule has 0 unspecified atom stereocenters. The second-order valence-corrected chi connectivity index (χ2v) is 6.16. The number of carbonyl (C=O) groups is 2. The van der Waals surface area contributed by atoms with E-state index in [0.717, 1.165) is 32.2 Å². The van der Waals surface area contributed by atoms with E-state index in [1.165, 1.54) is 0 Å². The Labute approximate surface area is 136 Å². The Kier molecular flexibility index (Phi) is 6.25. The van der Waals surface area contributed by atoms with E-state index in [2.05, 4.69) is 12.2 Å². The molecular weight excluding hydrogens is 300 g/mol. The Morgan fingerprint density at radius 3 is 2.68 bits per heavy atom. The van der Waals surface area contributed by atoms with E-state index >= 15 is 0 Å². The molecule has 0 radical (unpaired) electrons. The predicted molar refractivity (Wildman–Crippen MR) is 88.0 cm³/mol. The van der Waals surface area contributed by atoms with Crippen LogP contribution in [0.5, 0.6) is 0 Å². The highest BCUT2D eigenvalue weighted by molar-refractivity contribution is 6.30. The quantitative estimate of drug-likeness (QED) is 0.847. The van der Waals surface area contributed by atoms with Crippen molar-refractivity contribution in [1.29, 1.82) is 0 Å². The Hall–Kier alpha value is -1.55. The lowest BCUT2D eigenvalue weighted by Gasteiger charge is -2.31. The van der Waals surface area contributed by atoms with Crippen LogP contribution >= 0.6 is 11.6 Å². The van der Waals surface area contributed by atoms with Crippen LogP contribution in [0.3, 0.4) is 0 Å². The van der Waals surface area contributed by atoms with Gasteiger partial charge in [-0.15, -0.1) is 0 Å². The van der Waals surface area contributed by atoms with Crippen molar-refractivity contribution < 1.29 is 9.59 Å². The first kappa shape index (κ1) is 16.8. The second-order valence-electron chi connectivity index (χ2n) is 5.72. The van der Waals surface area contributed by atoms with Gasteiger partial charge in [-0.1, -0.05) is 31.0 Å². The third-order valence-electron chi connectivity index (χ3n) is 4.05. The number of benzene rings is 1. The number of hydrogen-bond acceptors (Lipinski definition) is 2. The molecule has 1 fully saturated rings. The van der Waals surface area contributed by atoms with Gasteiger partial charge in [0.1, 0.15) is 0 Å². The van der Waals surface area contributed by atoms with Gasteiger partial charge >= 0.3 is 0 Å². The van der Waals surface area contributed by atoms with Crippen molar-refractivity contribution in [3.63, 3.8) is 0 Å². The van der Waals surface area contributed by atoms with Crippen LogP contribution in [0, 0.1) is 5.92 Å². The summed E-state index contributed by atoms with van der Waals surface area (Å²) in [6.07, 6.45) is 3.54. The van der Waals surface area contributed by atoms with Crippen molar-refractivity contribution in [2.24, 2.45) is 5.92 Å². The van der Waals surface area contributed by atoms with E-state index in [9.17, 15) is 9.59 Å². The molecule has 5 heteroatoms. The first-order valence-electron chi connectivity index (χ1n) is 7.94. The molecule has 1 heterocycles. The average Bonchev–Trinajstić information content (AvgIpc) is 2.54. The van der Waals surface area contributed by atoms with Crippen molar-refractivity contribution in [1.82, 2.24) is 10.2 Å². The number of nitrogens with zero attached hydrogens (tertiary/aromatic N) is 1. The fourth-order valence-electron chi connectivity index (χ4n) is 2.68. The molecule has 1 N–H and O–H groups in total. The van der Waals surface area contributed by atoms with Crippen LogP contribution in [0.2, 0.25) is 5.02 Å². The summed E-state index contributed by atoms with van der Waals surface area (Å²) in [5.41, 5.74) is 0.610. The molecule has 1 aromatic carbocycles. The number of carbonyl (C=O) groups excluding carboxylic acids is 2. The van der Waals surface area contributed by atoms with Gasteiger partial charge in [-0.05, 0) is 37.5 Å². The van der Waals surface area contributed by atoms with Crippen molar-refractivity contribution in [3.8, 4) is 0 Å². The van der Waals surface area contributed by atoms with Crippen molar-refractivity contribution in [3.05, 3.63) is 34.9 Å². The van der Waals surface area contributed by atoms with E-state index in [1.807, 2.05) is 4.90 Å². The minimum atomic E-state index is -0.00709. The maximum absolute atomic E-state index is 12.4. The summed E-state index contributed by atoms with van der Waals surface area (Å²) in [5.74, 6) is 0.149. The molecule has 0 aliphatic carbocycles. The summed E-state index contributed by atoms with van der Waals surface area (Å²) >= 11 is 5.93. The van der Waals surface area contributed by atoms with Gasteiger partial charge in [0.15, 0.2) is 0 Å². The van der Waals surface area contributed by atoms with Crippen LogP contribution in [0.25, 0.3) is 0 Å². The molecule has 0 aromatic heterocycles. The molecule has 120 valence electrons. The van der Waals surface area contributed by atoms with Gasteiger partial charge < -0.3 is 10.2 Å². The largest absolute Gasteiger partial charge is 0.356 e. The van der Waals surface area contributed by atoms with Crippen molar-refractivity contribution in [2.45, 2.75) is 32.6 Å². The zero-order chi connectivity index (χ0) is 15.9. The van der Waals surface area contributed by atoms with E-state index in [1.54, 1.807) is 24.3 Å². The molecule has 2 amide bonds. The van der Waals surface area contributed by atoms with E-state index < -0.39 is 0 Å².